The Bertz CT molecular complexity index is 293. The van der Waals surface area contributed by atoms with Crippen molar-refractivity contribution in [2.75, 3.05) is 6.54 Å². The zero-order valence-corrected chi connectivity index (χ0v) is 9.60. The van der Waals surface area contributed by atoms with Gasteiger partial charge in [0.05, 0.1) is 10.6 Å². The van der Waals surface area contributed by atoms with E-state index in [1.807, 2.05) is 0 Å². The van der Waals surface area contributed by atoms with Crippen LogP contribution in [0.1, 0.15) is 42.8 Å². The zero-order valence-electron chi connectivity index (χ0n) is 8.79. The van der Waals surface area contributed by atoms with Gasteiger partial charge in [0.2, 0.25) is 0 Å². The van der Waals surface area contributed by atoms with Crippen molar-refractivity contribution < 1.29 is 0 Å². The molecule has 0 aromatic carbocycles. The molecule has 2 rings (SSSR count). The van der Waals surface area contributed by atoms with Crippen molar-refractivity contribution in [2.45, 2.75) is 39.2 Å². The van der Waals surface area contributed by atoms with Gasteiger partial charge in [-0.25, -0.2) is 0 Å². The molecule has 3 nitrogen and oxygen atoms in total. The van der Waals surface area contributed by atoms with Crippen molar-refractivity contribution in [3.8, 4) is 0 Å². The third-order valence-corrected chi connectivity index (χ3v) is 3.66. The number of aryl methyl sites for hydroxylation is 1. The molecule has 14 heavy (non-hydrogen) atoms. The van der Waals surface area contributed by atoms with Crippen LogP contribution in [0.25, 0.3) is 0 Å². The lowest BCUT2D eigenvalue weighted by Crippen LogP contribution is -2.21. The minimum absolute atomic E-state index is 0.493. The van der Waals surface area contributed by atoms with E-state index in [0.29, 0.717) is 6.04 Å². The van der Waals surface area contributed by atoms with Crippen molar-refractivity contribution in [3.63, 3.8) is 0 Å². The predicted molar refractivity (Wildman–Crippen MR) is 58.4 cm³/mol. The Kier molecular flexibility index (Phi) is 3.13. The number of aromatic nitrogens is 2. The molecule has 1 heterocycles. The molecule has 78 valence electrons. The number of nitrogens with zero attached hydrogens (tertiary/aromatic N) is 2. The van der Waals surface area contributed by atoms with Crippen LogP contribution in [0.15, 0.2) is 0 Å². The second-order valence-corrected chi connectivity index (χ2v) is 4.80. The number of rotatable bonds is 5. The van der Waals surface area contributed by atoms with Crippen LogP contribution in [0.4, 0.5) is 0 Å². The summed E-state index contributed by atoms with van der Waals surface area (Å²) in [4.78, 5) is 1.33. The van der Waals surface area contributed by atoms with Crippen molar-refractivity contribution >= 4 is 11.5 Å². The minimum Gasteiger partial charge on any atom is -0.309 e. The first-order valence-corrected chi connectivity index (χ1v) is 6.10. The molecule has 4 heteroatoms. The maximum absolute atomic E-state index is 4.08. The van der Waals surface area contributed by atoms with Crippen molar-refractivity contribution in [2.24, 2.45) is 5.92 Å². The van der Waals surface area contributed by atoms with E-state index >= 15 is 0 Å². The van der Waals surface area contributed by atoms with E-state index in [-0.39, 0.29) is 0 Å². The standard InChI is InChI=1S/C10H17N3S/c1-3-11-9(6-8-4-5-8)10-7(2)12-13-14-10/h8-9,11H,3-6H2,1-2H3. The molecule has 1 aliphatic rings. The molecule has 1 aromatic rings. The third-order valence-electron chi connectivity index (χ3n) is 2.72. The summed E-state index contributed by atoms with van der Waals surface area (Å²) >= 11 is 1.54. The summed E-state index contributed by atoms with van der Waals surface area (Å²) in [6.07, 6.45) is 4.08. The van der Waals surface area contributed by atoms with Gasteiger partial charge in [0.1, 0.15) is 0 Å². The largest absolute Gasteiger partial charge is 0.309 e. The van der Waals surface area contributed by atoms with Crippen LogP contribution in [0.2, 0.25) is 0 Å². The molecule has 0 spiro atoms. The fourth-order valence-corrected chi connectivity index (χ4v) is 2.50. The molecule has 1 fully saturated rings. The number of hydrogen-bond donors (Lipinski definition) is 1. The Morgan fingerprint density at radius 1 is 1.57 bits per heavy atom. The smallest absolute Gasteiger partial charge is 0.0772 e. The Morgan fingerprint density at radius 3 is 2.86 bits per heavy atom. The first-order valence-electron chi connectivity index (χ1n) is 5.33. The third kappa shape index (κ3) is 2.30. The molecule has 1 saturated carbocycles. The van der Waals surface area contributed by atoms with Gasteiger partial charge in [-0.2, -0.15) is 0 Å². The van der Waals surface area contributed by atoms with Crippen LogP contribution in [0, 0.1) is 12.8 Å². The minimum atomic E-state index is 0.493. The van der Waals surface area contributed by atoms with Crippen LogP contribution in [0.3, 0.4) is 0 Å². The van der Waals surface area contributed by atoms with Crippen LogP contribution in [-0.4, -0.2) is 16.1 Å². The van der Waals surface area contributed by atoms with E-state index in [9.17, 15) is 0 Å². The van der Waals surface area contributed by atoms with E-state index in [1.165, 1.54) is 24.1 Å². The molecular formula is C10H17N3S. The van der Waals surface area contributed by atoms with Crippen molar-refractivity contribution in [1.29, 1.82) is 0 Å². The average molecular weight is 211 g/mol. The van der Waals surface area contributed by atoms with Gasteiger partial charge >= 0.3 is 0 Å². The molecule has 1 aliphatic carbocycles. The molecule has 1 atom stereocenters. The lowest BCUT2D eigenvalue weighted by atomic mass is 10.1. The molecule has 0 aliphatic heterocycles. The Morgan fingerprint density at radius 2 is 2.36 bits per heavy atom. The van der Waals surface area contributed by atoms with Crippen molar-refractivity contribution in [1.82, 2.24) is 14.9 Å². The molecule has 0 saturated heterocycles. The zero-order chi connectivity index (χ0) is 9.97. The maximum atomic E-state index is 4.08. The highest BCUT2D eigenvalue weighted by Gasteiger charge is 2.27. The lowest BCUT2D eigenvalue weighted by Gasteiger charge is -2.15. The molecule has 1 aromatic heterocycles. The first kappa shape index (κ1) is 10.1. The summed E-state index contributed by atoms with van der Waals surface area (Å²) < 4.78 is 4.00. The summed E-state index contributed by atoms with van der Waals surface area (Å²) in [5, 5.41) is 7.60. The van der Waals surface area contributed by atoms with Gasteiger partial charge in [-0.05, 0) is 37.3 Å². The highest BCUT2D eigenvalue weighted by Crippen LogP contribution is 2.38. The quantitative estimate of drug-likeness (QED) is 0.812. The Hall–Kier alpha value is -0.480. The normalized spacial score (nSPS) is 18.4. The molecular weight excluding hydrogens is 194 g/mol. The summed E-state index contributed by atoms with van der Waals surface area (Å²) in [7, 11) is 0. The van der Waals surface area contributed by atoms with Crippen LogP contribution >= 0.6 is 11.5 Å². The van der Waals surface area contributed by atoms with Crippen LogP contribution in [0.5, 0.6) is 0 Å². The fourth-order valence-electron chi connectivity index (χ4n) is 1.77. The van der Waals surface area contributed by atoms with E-state index in [2.05, 4.69) is 28.8 Å². The van der Waals surface area contributed by atoms with Gasteiger partial charge in [0, 0.05) is 6.04 Å². The second kappa shape index (κ2) is 4.36. The average Bonchev–Trinajstić information content (AvgIpc) is 2.87. The molecule has 0 radical (unpaired) electrons. The van der Waals surface area contributed by atoms with E-state index in [4.69, 9.17) is 0 Å². The summed E-state index contributed by atoms with van der Waals surface area (Å²) in [6, 6.07) is 0.493. The van der Waals surface area contributed by atoms with Gasteiger partial charge in [-0.3, -0.25) is 0 Å². The van der Waals surface area contributed by atoms with E-state index < -0.39 is 0 Å². The highest BCUT2D eigenvalue weighted by atomic mass is 32.1. The summed E-state index contributed by atoms with van der Waals surface area (Å²) in [5.41, 5.74) is 1.10. The van der Waals surface area contributed by atoms with Gasteiger partial charge in [0.15, 0.2) is 0 Å². The van der Waals surface area contributed by atoms with Gasteiger partial charge in [0.25, 0.3) is 0 Å². The van der Waals surface area contributed by atoms with E-state index in [1.54, 1.807) is 11.5 Å². The van der Waals surface area contributed by atoms with Gasteiger partial charge in [-0.1, -0.05) is 24.3 Å². The summed E-state index contributed by atoms with van der Waals surface area (Å²) in [6.45, 7) is 5.23. The highest BCUT2D eigenvalue weighted by molar-refractivity contribution is 7.05. The van der Waals surface area contributed by atoms with Gasteiger partial charge in [-0.15, -0.1) is 5.10 Å². The second-order valence-electron chi connectivity index (χ2n) is 4.01. The van der Waals surface area contributed by atoms with Crippen LogP contribution in [-0.2, 0) is 0 Å². The van der Waals surface area contributed by atoms with Gasteiger partial charge < -0.3 is 5.32 Å². The fraction of sp³-hybridized carbons (Fsp3) is 0.800. The Labute approximate surface area is 89.1 Å². The summed E-state index contributed by atoms with van der Waals surface area (Å²) in [5.74, 6) is 0.945. The SMILES string of the molecule is CCNC(CC1CC1)c1snnc1C. The Balaban J connectivity index is 2.04. The topological polar surface area (TPSA) is 37.8 Å². The molecule has 0 bridgehead atoms. The number of nitrogens with one attached hydrogen (secondary N) is 1. The maximum Gasteiger partial charge on any atom is 0.0772 e. The molecule has 1 N–H and O–H groups in total. The van der Waals surface area contributed by atoms with Crippen molar-refractivity contribution in [3.05, 3.63) is 10.6 Å². The number of hydrogen-bond acceptors (Lipinski definition) is 4. The molecule has 0 amide bonds. The first-order chi connectivity index (χ1) is 6.81. The van der Waals surface area contributed by atoms with E-state index in [0.717, 1.165) is 18.2 Å². The predicted octanol–water partition coefficient (Wildman–Crippen LogP) is 2.30. The molecule has 1 unspecified atom stereocenters. The monoisotopic (exact) mass is 211 g/mol. The lowest BCUT2D eigenvalue weighted by molar-refractivity contribution is 0.491. The van der Waals surface area contributed by atoms with Crippen LogP contribution < -0.4 is 5.32 Å².